The Kier molecular flexibility index (Phi) is 2.31. The Labute approximate surface area is 93.8 Å². The fourth-order valence-corrected chi connectivity index (χ4v) is 2.64. The van der Waals surface area contributed by atoms with Gasteiger partial charge >= 0.3 is 6.36 Å². The maximum atomic E-state index is 12.1. The van der Waals surface area contributed by atoms with Crippen LogP contribution in [0.1, 0.15) is 5.56 Å². The Morgan fingerprint density at radius 1 is 1.29 bits per heavy atom. The van der Waals surface area contributed by atoms with Crippen molar-refractivity contribution in [3.63, 3.8) is 0 Å². The fraction of sp³-hybridized carbons (Fsp3) is 0.125. The Balaban J connectivity index is 2.60. The third-order valence-electron chi connectivity index (χ3n) is 1.99. The van der Waals surface area contributed by atoms with Gasteiger partial charge in [0.15, 0.2) is 0 Å². The first-order chi connectivity index (χ1) is 7.71. The van der Waals surface area contributed by atoms with Crippen LogP contribution in [0.15, 0.2) is 23.1 Å². The van der Waals surface area contributed by atoms with Crippen LogP contribution in [0.3, 0.4) is 0 Å². The monoisotopic (exact) mass is 266 g/mol. The number of benzene rings is 1. The number of rotatable bonds is 1. The number of amidine groups is 1. The smallest absolute Gasteiger partial charge is 0.405 e. The average molecular weight is 266 g/mol. The molecule has 2 rings (SSSR count). The minimum atomic E-state index is -4.94. The molecule has 1 aromatic carbocycles. The maximum Gasteiger partial charge on any atom is 0.573 e. The van der Waals surface area contributed by atoms with Crippen molar-refractivity contribution in [1.82, 2.24) is 4.72 Å². The molecular formula is C8H5F3N2O3S. The van der Waals surface area contributed by atoms with E-state index < -0.39 is 38.4 Å². The van der Waals surface area contributed by atoms with Crippen molar-refractivity contribution in [3.8, 4) is 5.75 Å². The van der Waals surface area contributed by atoms with Crippen molar-refractivity contribution in [3.05, 3.63) is 23.8 Å². The van der Waals surface area contributed by atoms with Gasteiger partial charge in [0, 0.05) is 0 Å². The van der Waals surface area contributed by atoms with Gasteiger partial charge < -0.3 is 4.74 Å². The molecule has 1 aliphatic heterocycles. The van der Waals surface area contributed by atoms with E-state index in [0.29, 0.717) is 0 Å². The van der Waals surface area contributed by atoms with E-state index in [4.69, 9.17) is 5.41 Å². The van der Waals surface area contributed by atoms with Crippen molar-refractivity contribution in [2.75, 3.05) is 0 Å². The lowest BCUT2D eigenvalue weighted by atomic mass is 10.2. The number of sulfonamides is 1. The Bertz CT molecular complexity index is 595. The first kappa shape index (κ1) is 11.7. The Hall–Kier alpha value is -1.77. The topological polar surface area (TPSA) is 79.3 Å². The van der Waals surface area contributed by atoms with Crippen LogP contribution >= 0.6 is 0 Å². The highest BCUT2D eigenvalue weighted by atomic mass is 32.2. The van der Waals surface area contributed by atoms with E-state index in [2.05, 4.69) is 4.74 Å². The van der Waals surface area contributed by atoms with Gasteiger partial charge in [0.05, 0.1) is 5.56 Å². The molecule has 1 aromatic rings. The molecule has 92 valence electrons. The number of hydrogen-bond donors (Lipinski definition) is 2. The van der Waals surface area contributed by atoms with E-state index in [-0.39, 0.29) is 0 Å². The van der Waals surface area contributed by atoms with Crippen LogP contribution in [0, 0.1) is 5.41 Å². The van der Waals surface area contributed by atoms with E-state index >= 15 is 0 Å². The van der Waals surface area contributed by atoms with Crippen LogP contribution in [0.2, 0.25) is 0 Å². The van der Waals surface area contributed by atoms with Gasteiger partial charge in [-0.15, -0.1) is 13.2 Å². The van der Waals surface area contributed by atoms with Crippen molar-refractivity contribution in [2.24, 2.45) is 0 Å². The van der Waals surface area contributed by atoms with Crippen LogP contribution in [-0.2, 0) is 10.0 Å². The number of fused-ring (bicyclic) bond motifs is 1. The van der Waals surface area contributed by atoms with Crippen molar-refractivity contribution >= 4 is 15.9 Å². The lowest BCUT2D eigenvalue weighted by Crippen LogP contribution is -2.22. The first-order valence-corrected chi connectivity index (χ1v) is 5.69. The molecule has 9 heteroatoms. The Morgan fingerprint density at radius 2 is 1.94 bits per heavy atom. The summed E-state index contributed by atoms with van der Waals surface area (Å²) in [5, 5.41) is 7.30. The van der Waals surface area contributed by atoms with Crippen molar-refractivity contribution in [1.29, 1.82) is 5.41 Å². The molecular weight excluding hydrogens is 261 g/mol. The van der Waals surface area contributed by atoms with Crippen LogP contribution in [-0.4, -0.2) is 20.6 Å². The fourth-order valence-electron chi connectivity index (χ4n) is 1.43. The minimum Gasteiger partial charge on any atom is -0.405 e. The molecule has 0 aromatic heterocycles. The second-order valence-corrected chi connectivity index (χ2v) is 4.81. The van der Waals surface area contributed by atoms with Gasteiger partial charge in [-0.25, -0.2) is 8.42 Å². The van der Waals surface area contributed by atoms with Gasteiger partial charge in [-0.3, -0.25) is 10.1 Å². The van der Waals surface area contributed by atoms with Gasteiger partial charge in [0.25, 0.3) is 10.0 Å². The quantitative estimate of drug-likeness (QED) is 0.801. The molecule has 0 aliphatic carbocycles. The van der Waals surface area contributed by atoms with E-state index in [0.717, 1.165) is 18.2 Å². The summed E-state index contributed by atoms with van der Waals surface area (Å²) in [4.78, 5) is -0.399. The van der Waals surface area contributed by atoms with E-state index in [9.17, 15) is 21.6 Å². The van der Waals surface area contributed by atoms with Gasteiger partial charge in [-0.1, -0.05) is 6.07 Å². The molecule has 0 bridgehead atoms. The zero-order valence-electron chi connectivity index (χ0n) is 8.00. The third-order valence-corrected chi connectivity index (χ3v) is 3.38. The molecule has 0 spiro atoms. The zero-order chi connectivity index (χ0) is 12.8. The summed E-state index contributed by atoms with van der Waals surface area (Å²) in [6, 6.07) is 3.16. The molecule has 0 radical (unpaired) electrons. The summed E-state index contributed by atoms with van der Waals surface area (Å²) < 4.78 is 64.4. The molecule has 1 aliphatic rings. The number of alkyl halides is 3. The Morgan fingerprint density at radius 3 is 2.53 bits per heavy atom. The highest BCUT2D eigenvalue weighted by molar-refractivity contribution is 7.90. The molecule has 0 unspecified atom stereocenters. The van der Waals surface area contributed by atoms with E-state index in [1.165, 1.54) is 0 Å². The molecule has 0 atom stereocenters. The number of halogens is 3. The van der Waals surface area contributed by atoms with Gasteiger partial charge in [0.1, 0.15) is 16.5 Å². The van der Waals surface area contributed by atoms with E-state index in [1.54, 1.807) is 4.72 Å². The highest BCUT2D eigenvalue weighted by Gasteiger charge is 2.37. The number of ether oxygens (including phenoxy) is 1. The summed E-state index contributed by atoms with van der Waals surface area (Å²) in [7, 11) is -3.95. The largest absolute Gasteiger partial charge is 0.573 e. The molecule has 2 N–H and O–H groups in total. The van der Waals surface area contributed by atoms with Gasteiger partial charge in [-0.05, 0) is 12.1 Å². The van der Waals surface area contributed by atoms with Crippen LogP contribution in [0.25, 0.3) is 0 Å². The molecule has 0 fully saturated rings. The zero-order valence-corrected chi connectivity index (χ0v) is 8.82. The third kappa shape index (κ3) is 2.05. The van der Waals surface area contributed by atoms with Gasteiger partial charge in [-0.2, -0.15) is 0 Å². The normalized spacial score (nSPS) is 17.5. The molecule has 0 amide bonds. The van der Waals surface area contributed by atoms with Crippen LogP contribution in [0.4, 0.5) is 13.2 Å². The van der Waals surface area contributed by atoms with Crippen LogP contribution in [0.5, 0.6) is 5.75 Å². The molecule has 17 heavy (non-hydrogen) atoms. The SMILES string of the molecule is N=C1NS(=O)(=O)c2cccc(OC(F)(F)F)c21. The molecule has 0 saturated heterocycles. The van der Waals surface area contributed by atoms with Crippen LogP contribution < -0.4 is 9.46 Å². The minimum absolute atomic E-state index is 0.399. The highest BCUT2D eigenvalue weighted by Crippen LogP contribution is 2.33. The van der Waals surface area contributed by atoms with Gasteiger partial charge in [0.2, 0.25) is 0 Å². The summed E-state index contributed by atoms with van der Waals surface area (Å²) >= 11 is 0. The van der Waals surface area contributed by atoms with Crippen molar-refractivity contribution < 1.29 is 26.3 Å². The van der Waals surface area contributed by atoms with Crippen molar-refractivity contribution in [2.45, 2.75) is 11.3 Å². The summed E-state index contributed by atoms with van der Waals surface area (Å²) in [6.45, 7) is 0. The summed E-state index contributed by atoms with van der Waals surface area (Å²) in [5.74, 6) is -1.35. The second-order valence-electron chi connectivity index (χ2n) is 3.16. The summed E-state index contributed by atoms with van der Waals surface area (Å²) in [6.07, 6.45) is -4.94. The second kappa shape index (κ2) is 3.36. The molecule has 5 nitrogen and oxygen atoms in total. The lowest BCUT2D eigenvalue weighted by molar-refractivity contribution is -0.274. The standard InChI is InChI=1S/C8H5F3N2O3S/c9-8(10,11)16-4-2-1-3-5-6(4)7(12)13-17(5,14)15/h1-3H,(H2,12,13). The first-order valence-electron chi connectivity index (χ1n) is 4.21. The van der Waals surface area contributed by atoms with E-state index in [1.807, 2.05) is 0 Å². The molecule has 1 heterocycles. The number of hydrogen-bond acceptors (Lipinski definition) is 4. The predicted octanol–water partition coefficient (Wildman–Crippen LogP) is 1.20. The maximum absolute atomic E-state index is 12.1. The number of nitrogens with one attached hydrogen (secondary N) is 2. The average Bonchev–Trinajstić information content (AvgIpc) is 2.35. The summed E-state index contributed by atoms with van der Waals surface area (Å²) in [5.41, 5.74) is -0.412. The predicted molar refractivity (Wildman–Crippen MR) is 50.3 cm³/mol. The molecule has 0 saturated carbocycles. The lowest BCUT2D eigenvalue weighted by Gasteiger charge is -2.10.